The predicted octanol–water partition coefficient (Wildman–Crippen LogP) is 5.24. The molecule has 2 heterocycles. The molecule has 2 aromatic heterocycles. The second kappa shape index (κ2) is 7.53. The molecule has 0 aliphatic carbocycles. The summed E-state index contributed by atoms with van der Waals surface area (Å²) in [4.78, 5) is 14.2. The Balaban J connectivity index is 1.64. The van der Waals surface area contributed by atoms with Gasteiger partial charge < -0.3 is 15.7 Å². The number of aryl methyl sites for hydroxylation is 2. The van der Waals surface area contributed by atoms with Crippen LogP contribution in [0.3, 0.4) is 0 Å². The molecule has 0 saturated heterocycles. The van der Waals surface area contributed by atoms with Gasteiger partial charge in [0, 0.05) is 11.4 Å². The van der Waals surface area contributed by atoms with E-state index in [1.165, 1.54) is 28.8 Å². The summed E-state index contributed by atoms with van der Waals surface area (Å²) in [6.07, 6.45) is 1.05. The van der Waals surface area contributed by atoms with Gasteiger partial charge in [-0.3, -0.25) is 0 Å². The lowest BCUT2D eigenvalue weighted by Gasteiger charge is -2.09. The van der Waals surface area contributed by atoms with E-state index in [0.717, 1.165) is 32.4 Å². The summed E-state index contributed by atoms with van der Waals surface area (Å²) >= 11 is 1.49. The average molecular weight is 392 g/mol. The van der Waals surface area contributed by atoms with E-state index in [2.05, 4.69) is 46.6 Å². The minimum absolute atomic E-state index is 0.489. The molecule has 7 heteroatoms. The quantitative estimate of drug-likeness (QED) is 0.431. The molecule has 0 saturated carbocycles. The summed E-state index contributed by atoms with van der Waals surface area (Å²) < 4.78 is 0. The number of aliphatic hydroxyl groups is 1. The maximum Gasteiger partial charge on any atom is 0.189 e. The van der Waals surface area contributed by atoms with Gasteiger partial charge in [-0.05, 0) is 49.6 Å². The molecule has 0 aliphatic heterocycles. The smallest absolute Gasteiger partial charge is 0.189 e. The van der Waals surface area contributed by atoms with Gasteiger partial charge in [-0.1, -0.05) is 41.7 Å². The number of nitrogens with one attached hydrogen (secondary N) is 2. The molecule has 28 heavy (non-hydrogen) atoms. The molecule has 0 amide bonds. The van der Waals surface area contributed by atoms with E-state index in [9.17, 15) is 5.11 Å². The van der Waals surface area contributed by atoms with Crippen molar-refractivity contribution in [1.82, 2.24) is 15.0 Å². The summed E-state index contributed by atoms with van der Waals surface area (Å²) in [7, 11) is 0. The average Bonchev–Trinajstić information content (AvgIpc) is 3.09. The number of para-hydroxylation sites is 1. The Hall–Kier alpha value is -3.03. The van der Waals surface area contributed by atoms with Gasteiger partial charge in [0.05, 0.1) is 6.10 Å². The Labute approximate surface area is 167 Å². The van der Waals surface area contributed by atoms with Crippen molar-refractivity contribution in [2.75, 3.05) is 10.6 Å². The summed E-state index contributed by atoms with van der Waals surface area (Å²) in [5, 5.41) is 17.2. The number of benzene rings is 2. The van der Waals surface area contributed by atoms with Crippen molar-refractivity contribution in [1.29, 1.82) is 0 Å². The van der Waals surface area contributed by atoms with Crippen LogP contribution in [0, 0.1) is 13.8 Å². The molecule has 4 aromatic rings. The Morgan fingerprint density at radius 1 is 0.964 bits per heavy atom. The first-order valence-corrected chi connectivity index (χ1v) is 9.83. The second-order valence-electron chi connectivity index (χ2n) is 6.71. The van der Waals surface area contributed by atoms with Crippen molar-refractivity contribution in [3.63, 3.8) is 0 Å². The number of aromatic nitrogens is 3. The van der Waals surface area contributed by atoms with Crippen molar-refractivity contribution in [2.24, 2.45) is 0 Å². The number of rotatable bonds is 5. The standard InChI is InChI=1S/C21H21N5OS/c1-12-5-4-6-13(2)17(12)25-21-26-18-19(22-11-23-20(18)28-21)24-16-9-7-15(8-10-16)14(3)27/h4-11,14,27H,1-3H3,(H,25,26)(H,22,23,24). The first-order chi connectivity index (χ1) is 13.5. The molecule has 0 aliphatic rings. The van der Waals surface area contributed by atoms with Crippen LogP contribution in [0.1, 0.15) is 29.7 Å². The Bertz CT molecular complexity index is 1100. The Kier molecular flexibility index (Phi) is 4.93. The van der Waals surface area contributed by atoms with E-state index < -0.39 is 6.10 Å². The molecule has 1 atom stereocenters. The number of hydrogen-bond acceptors (Lipinski definition) is 7. The Morgan fingerprint density at radius 2 is 1.68 bits per heavy atom. The topological polar surface area (TPSA) is 83.0 Å². The molecule has 4 rings (SSSR count). The first-order valence-electron chi connectivity index (χ1n) is 9.01. The molecule has 3 N–H and O–H groups in total. The lowest BCUT2D eigenvalue weighted by atomic mass is 10.1. The third-order valence-corrected chi connectivity index (χ3v) is 5.44. The normalized spacial score (nSPS) is 12.1. The van der Waals surface area contributed by atoms with E-state index >= 15 is 0 Å². The number of aliphatic hydroxyl groups excluding tert-OH is 1. The van der Waals surface area contributed by atoms with Gasteiger partial charge in [-0.25, -0.2) is 15.0 Å². The maximum atomic E-state index is 9.65. The lowest BCUT2D eigenvalue weighted by molar-refractivity contribution is 0.199. The number of anilines is 4. The zero-order valence-electron chi connectivity index (χ0n) is 15.9. The van der Waals surface area contributed by atoms with Gasteiger partial charge in [0.1, 0.15) is 11.8 Å². The van der Waals surface area contributed by atoms with Crippen molar-refractivity contribution in [2.45, 2.75) is 26.9 Å². The number of fused-ring (bicyclic) bond motifs is 1. The van der Waals surface area contributed by atoms with E-state index in [0.29, 0.717) is 5.82 Å². The van der Waals surface area contributed by atoms with Crippen LogP contribution >= 0.6 is 11.3 Å². The molecule has 0 radical (unpaired) electrons. The van der Waals surface area contributed by atoms with Crippen LogP contribution in [-0.2, 0) is 0 Å². The highest BCUT2D eigenvalue weighted by Gasteiger charge is 2.13. The van der Waals surface area contributed by atoms with Crippen LogP contribution < -0.4 is 10.6 Å². The van der Waals surface area contributed by atoms with Crippen LogP contribution in [0.2, 0.25) is 0 Å². The van der Waals surface area contributed by atoms with Gasteiger partial charge in [0.2, 0.25) is 0 Å². The molecular weight excluding hydrogens is 370 g/mol. The highest BCUT2D eigenvalue weighted by molar-refractivity contribution is 7.21. The van der Waals surface area contributed by atoms with Gasteiger partial charge in [0.15, 0.2) is 15.8 Å². The Morgan fingerprint density at radius 3 is 2.36 bits per heavy atom. The monoisotopic (exact) mass is 391 g/mol. The van der Waals surface area contributed by atoms with E-state index in [4.69, 9.17) is 4.98 Å². The number of thiazole rings is 1. The fraction of sp³-hybridized carbons (Fsp3) is 0.190. The highest BCUT2D eigenvalue weighted by atomic mass is 32.1. The van der Waals surface area contributed by atoms with Gasteiger partial charge in [-0.2, -0.15) is 0 Å². The molecule has 142 valence electrons. The lowest BCUT2D eigenvalue weighted by Crippen LogP contribution is -1.97. The molecule has 2 aromatic carbocycles. The maximum absolute atomic E-state index is 9.65. The third-order valence-electron chi connectivity index (χ3n) is 4.56. The third kappa shape index (κ3) is 3.67. The summed E-state index contributed by atoms with van der Waals surface area (Å²) in [6, 6.07) is 13.8. The van der Waals surface area contributed by atoms with E-state index in [-0.39, 0.29) is 0 Å². The summed E-state index contributed by atoms with van der Waals surface area (Å²) in [6.45, 7) is 5.90. The second-order valence-corrected chi connectivity index (χ2v) is 7.69. The van der Waals surface area contributed by atoms with Crippen molar-refractivity contribution in [3.05, 3.63) is 65.5 Å². The van der Waals surface area contributed by atoms with Crippen molar-refractivity contribution < 1.29 is 5.11 Å². The van der Waals surface area contributed by atoms with Crippen molar-refractivity contribution in [3.8, 4) is 0 Å². The van der Waals surface area contributed by atoms with Crippen LogP contribution in [-0.4, -0.2) is 20.1 Å². The van der Waals surface area contributed by atoms with Crippen molar-refractivity contribution >= 4 is 44.0 Å². The largest absolute Gasteiger partial charge is 0.389 e. The molecular formula is C21H21N5OS. The molecule has 1 unspecified atom stereocenters. The van der Waals surface area contributed by atoms with Crippen LogP contribution in [0.4, 0.5) is 22.3 Å². The number of nitrogens with zero attached hydrogens (tertiary/aromatic N) is 3. The molecule has 6 nitrogen and oxygen atoms in total. The fourth-order valence-corrected chi connectivity index (χ4v) is 3.81. The van der Waals surface area contributed by atoms with Gasteiger partial charge in [-0.15, -0.1) is 0 Å². The highest BCUT2D eigenvalue weighted by Crippen LogP contribution is 2.33. The minimum Gasteiger partial charge on any atom is -0.389 e. The summed E-state index contributed by atoms with van der Waals surface area (Å²) in [5.74, 6) is 0.653. The molecule has 0 spiro atoms. The zero-order valence-corrected chi connectivity index (χ0v) is 16.7. The molecule has 0 fully saturated rings. The zero-order chi connectivity index (χ0) is 19.7. The van der Waals surface area contributed by atoms with Crippen LogP contribution in [0.25, 0.3) is 10.3 Å². The fourth-order valence-electron chi connectivity index (χ4n) is 3.00. The predicted molar refractivity (Wildman–Crippen MR) is 115 cm³/mol. The van der Waals surface area contributed by atoms with E-state index in [1.807, 2.05) is 30.3 Å². The minimum atomic E-state index is -0.489. The van der Waals surface area contributed by atoms with Crippen LogP contribution in [0.15, 0.2) is 48.8 Å². The molecule has 0 bridgehead atoms. The van der Waals surface area contributed by atoms with Gasteiger partial charge >= 0.3 is 0 Å². The summed E-state index contributed by atoms with van der Waals surface area (Å²) in [5.41, 5.74) is 5.87. The SMILES string of the molecule is Cc1cccc(C)c1Nc1nc2c(Nc3ccc(C(C)O)cc3)ncnc2s1. The number of hydrogen-bond donors (Lipinski definition) is 3. The van der Waals surface area contributed by atoms with Crippen LogP contribution in [0.5, 0.6) is 0 Å². The first kappa shape index (κ1) is 18.3. The van der Waals surface area contributed by atoms with E-state index in [1.54, 1.807) is 6.92 Å². The van der Waals surface area contributed by atoms with Gasteiger partial charge in [0.25, 0.3) is 0 Å².